The van der Waals surface area contributed by atoms with Crippen LogP contribution in [0.25, 0.3) is 5.57 Å². The van der Waals surface area contributed by atoms with Gasteiger partial charge >= 0.3 is 0 Å². The van der Waals surface area contributed by atoms with Crippen molar-refractivity contribution in [3.63, 3.8) is 0 Å². The smallest absolute Gasteiger partial charge is 0.159 e. The molecule has 1 N–H and O–H groups in total. The highest BCUT2D eigenvalue weighted by Gasteiger charge is 2.33. The fourth-order valence-corrected chi connectivity index (χ4v) is 6.25. The summed E-state index contributed by atoms with van der Waals surface area (Å²) in [5, 5.41) is 10.3. The Balaban J connectivity index is 1.61. The van der Waals surface area contributed by atoms with Crippen LogP contribution in [0, 0.1) is 23.7 Å². The molecule has 2 aliphatic carbocycles. The second kappa shape index (κ2) is 12.2. The molecule has 4 aliphatic rings. The molecule has 4 nitrogen and oxygen atoms in total. The van der Waals surface area contributed by atoms with Crippen molar-refractivity contribution in [1.29, 1.82) is 0 Å². The lowest BCUT2D eigenvalue weighted by atomic mass is 9.79. The van der Waals surface area contributed by atoms with E-state index in [1.807, 2.05) is 36.4 Å². The van der Waals surface area contributed by atoms with E-state index in [4.69, 9.17) is 9.73 Å². The van der Waals surface area contributed by atoms with E-state index in [9.17, 15) is 9.90 Å². The van der Waals surface area contributed by atoms with E-state index in [-0.39, 0.29) is 30.1 Å². The number of ether oxygens (including phenoxy) is 1. The zero-order valence-corrected chi connectivity index (χ0v) is 22.7. The Morgan fingerprint density at radius 1 is 1.05 bits per heavy atom. The summed E-state index contributed by atoms with van der Waals surface area (Å²) in [7, 11) is 0. The highest BCUT2D eigenvalue weighted by Crippen LogP contribution is 2.38. The van der Waals surface area contributed by atoms with Gasteiger partial charge in [-0.1, -0.05) is 68.7 Å². The number of Topliss-reactive ketones (excluding diaryl/α,β-unsaturated/α-hetero) is 1. The fraction of sp³-hybridized carbons (Fsp3) is 0.471. The van der Waals surface area contributed by atoms with Crippen LogP contribution in [0.2, 0.25) is 0 Å². The molecule has 38 heavy (non-hydrogen) atoms. The summed E-state index contributed by atoms with van der Waals surface area (Å²) >= 11 is 0. The quantitative estimate of drug-likeness (QED) is 0.342. The minimum atomic E-state index is 0.0610. The first-order valence-electron chi connectivity index (χ1n) is 14.3. The van der Waals surface area contributed by atoms with E-state index in [2.05, 4.69) is 30.5 Å². The average Bonchev–Trinajstić information content (AvgIpc) is 3.22. The highest BCUT2D eigenvalue weighted by molar-refractivity contribution is 6.08. The van der Waals surface area contributed by atoms with E-state index in [0.717, 1.165) is 66.2 Å². The van der Waals surface area contributed by atoms with Crippen molar-refractivity contribution in [2.45, 2.75) is 58.8 Å². The Morgan fingerprint density at radius 2 is 1.89 bits per heavy atom. The molecule has 4 heteroatoms. The SMILES string of the molecule is CC(=O)c1cccc(C2=CC=C3C(=C=C2)C=C=C([C@H]2CCCCCCC2CO)N=C3C2CCOC[C@@H]2C)c1. The van der Waals surface area contributed by atoms with Gasteiger partial charge in [-0.25, -0.2) is 4.99 Å². The average molecular weight is 510 g/mol. The maximum absolute atomic E-state index is 12.0. The lowest BCUT2D eigenvalue weighted by molar-refractivity contribution is 0.0440. The summed E-state index contributed by atoms with van der Waals surface area (Å²) in [6.07, 6.45) is 16.2. The van der Waals surface area contributed by atoms with Crippen LogP contribution in [-0.4, -0.2) is 36.4 Å². The largest absolute Gasteiger partial charge is 0.396 e. The van der Waals surface area contributed by atoms with Gasteiger partial charge in [0, 0.05) is 48.4 Å². The second-order valence-corrected chi connectivity index (χ2v) is 11.2. The van der Waals surface area contributed by atoms with Gasteiger partial charge in [0.15, 0.2) is 5.78 Å². The van der Waals surface area contributed by atoms with Crippen LogP contribution >= 0.6 is 0 Å². The molecule has 0 amide bonds. The number of fused-ring (bicyclic) bond motifs is 1. The van der Waals surface area contributed by atoms with Crippen molar-refractivity contribution in [2.24, 2.45) is 28.7 Å². The first-order valence-corrected chi connectivity index (χ1v) is 14.3. The summed E-state index contributed by atoms with van der Waals surface area (Å²) in [5.41, 5.74) is 14.0. The second-order valence-electron chi connectivity index (χ2n) is 11.2. The molecule has 0 radical (unpaired) electrons. The number of carbonyl (C=O) groups is 1. The van der Waals surface area contributed by atoms with Gasteiger partial charge < -0.3 is 9.84 Å². The molecular weight excluding hydrogens is 470 g/mol. The summed E-state index contributed by atoms with van der Waals surface area (Å²) in [5.74, 6) is 1.15. The predicted octanol–water partition coefficient (Wildman–Crippen LogP) is 7.04. The van der Waals surface area contributed by atoms with Gasteiger partial charge in [-0.3, -0.25) is 4.79 Å². The van der Waals surface area contributed by atoms with Crippen LogP contribution in [0.15, 0.2) is 81.9 Å². The number of aliphatic hydroxyl groups is 1. The number of nitrogens with zero attached hydrogens (tertiary/aromatic N) is 1. The topological polar surface area (TPSA) is 58.9 Å². The molecule has 2 fully saturated rings. The van der Waals surface area contributed by atoms with Crippen LogP contribution in [0.5, 0.6) is 0 Å². The molecule has 1 saturated carbocycles. The zero-order chi connectivity index (χ0) is 26.5. The molecule has 0 bridgehead atoms. The number of aliphatic hydroxyl groups excluding tert-OH is 1. The van der Waals surface area contributed by atoms with Gasteiger partial charge in [-0.15, -0.1) is 5.73 Å². The number of aliphatic imine (C=N–C) groups is 1. The first-order chi connectivity index (χ1) is 18.5. The van der Waals surface area contributed by atoms with Crippen LogP contribution in [0.4, 0.5) is 0 Å². The number of hydrogen-bond donors (Lipinski definition) is 1. The van der Waals surface area contributed by atoms with E-state index in [1.54, 1.807) is 6.92 Å². The third kappa shape index (κ3) is 5.85. The molecule has 2 aliphatic heterocycles. The molecule has 0 aromatic heterocycles. The van der Waals surface area contributed by atoms with Gasteiger partial charge in [-0.2, -0.15) is 0 Å². The summed E-state index contributed by atoms with van der Waals surface area (Å²) in [6.45, 7) is 5.53. The van der Waals surface area contributed by atoms with Gasteiger partial charge in [-0.05, 0) is 67.4 Å². The van der Waals surface area contributed by atoms with Gasteiger partial charge in [0.2, 0.25) is 0 Å². The number of carbonyl (C=O) groups excluding carboxylic acids is 1. The monoisotopic (exact) mass is 509 g/mol. The third-order valence-electron chi connectivity index (χ3n) is 8.57. The van der Waals surface area contributed by atoms with Crippen LogP contribution in [0.1, 0.15) is 74.7 Å². The molecule has 5 rings (SSSR count). The third-order valence-corrected chi connectivity index (χ3v) is 8.57. The Hall–Kier alpha value is -3.00. The van der Waals surface area contributed by atoms with Crippen LogP contribution in [-0.2, 0) is 4.74 Å². The van der Waals surface area contributed by atoms with Gasteiger partial charge in [0.25, 0.3) is 0 Å². The maximum atomic E-state index is 12.0. The van der Waals surface area contributed by atoms with Crippen LogP contribution < -0.4 is 0 Å². The summed E-state index contributed by atoms with van der Waals surface area (Å²) in [4.78, 5) is 17.4. The highest BCUT2D eigenvalue weighted by atomic mass is 16.5. The van der Waals surface area contributed by atoms with Crippen molar-refractivity contribution in [1.82, 2.24) is 0 Å². The van der Waals surface area contributed by atoms with Crippen LogP contribution in [0.3, 0.4) is 0 Å². The minimum Gasteiger partial charge on any atom is -0.396 e. The normalized spacial score (nSPS) is 27.8. The summed E-state index contributed by atoms with van der Waals surface area (Å²) in [6, 6.07) is 7.77. The van der Waals surface area contributed by atoms with E-state index in [1.165, 1.54) is 25.7 Å². The molecule has 0 spiro atoms. The van der Waals surface area contributed by atoms with E-state index < -0.39 is 0 Å². The molecule has 1 aromatic carbocycles. The van der Waals surface area contributed by atoms with Crippen molar-refractivity contribution >= 4 is 17.1 Å². The molecule has 198 valence electrons. The molecule has 1 aromatic rings. The Morgan fingerprint density at radius 3 is 2.68 bits per heavy atom. The Bertz CT molecular complexity index is 1300. The maximum Gasteiger partial charge on any atom is 0.159 e. The van der Waals surface area contributed by atoms with E-state index in [0.29, 0.717) is 11.5 Å². The zero-order valence-electron chi connectivity index (χ0n) is 22.7. The number of ketones is 1. The molecule has 2 unspecified atom stereocenters. The van der Waals surface area contributed by atoms with E-state index >= 15 is 0 Å². The van der Waals surface area contributed by atoms with Crippen molar-refractivity contribution in [2.75, 3.05) is 19.8 Å². The lowest BCUT2D eigenvalue weighted by Gasteiger charge is -2.32. The number of rotatable bonds is 5. The molecule has 4 atom stereocenters. The number of allylic oxidation sites excluding steroid dienone is 6. The number of benzene rings is 1. The fourth-order valence-electron chi connectivity index (χ4n) is 6.25. The van der Waals surface area contributed by atoms with Gasteiger partial charge in [0.1, 0.15) is 0 Å². The first kappa shape index (κ1) is 26.6. The van der Waals surface area contributed by atoms with Crippen molar-refractivity contribution in [3.8, 4) is 0 Å². The molecular formula is C34H39NO3. The van der Waals surface area contributed by atoms with Gasteiger partial charge in [0.05, 0.1) is 11.4 Å². The minimum absolute atomic E-state index is 0.0610. The number of hydrogen-bond acceptors (Lipinski definition) is 4. The van der Waals surface area contributed by atoms with Crippen molar-refractivity contribution in [3.05, 3.63) is 88.0 Å². The Labute approximate surface area is 226 Å². The standard InChI is InChI=1S/C34H39NO3/c1-23-22-38-19-18-30(23)34-32-16-14-25(28-10-7-9-27(20-28)24(2)37)12-13-26(32)15-17-33(35-34)31-11-6-4-3-5-8-29(31)21-36/h7,9-10,12,14-16,20,23,29-31,36H,3-6,8,11,18-19,21-22H2,1-2H3/t23-,29?,30?,31-/m0/s1. The summed E-state index contributed by atoms with van der Waals surface area (Å²) < 4.78 is 5.80. The lowest BCUT2D eigenvalue weighted by Crippen LogP contribution is -2.33. The predicted molar refractivity (Wildman–Crippen MR) is 153 cm³/mol. The molecule has 2 heterocycles. The van der Waals surface area contributed by atoms with Crippen molar-refractivity contribution < 1.29 is 14.6 Å². The molecule has 1 saturated heterocycles. The Kier molecular flexibility index (Phi) is 8.57.